The third kappa shape index (κ3) is 3.57. The van der Waals surface area contributed by atoms with Crippen LogP contribution in [0, 0.1) is 12.8 Å². The molecule has 168 valence electrons. The zero-order valence-corrected chi connectivity index (χ0v) is 19.9. The lowest BCUT2D eigenvalue weighted by atomic mass is 9.89. The Morgan fingerprint density at radius 2 is 1.94 bits per heavy atom. The van der Waals surface area contributed by atoms with Crippen LogP contribution in [0.5, 0.6) is 0 Å². The Hall–Kier alpha value is -2.52. The number of carbonyl (C=O) groups is 2. The van der Waals surface area contributed by atoms with Crippen molar-refractivity contribution in [3.8, 4) is 0 Å². The van der Waals surface area contributed by atoms with Crippen LogP contribution < -0.4 is 16.6 Å². The number of nitrogens with one attached hydrogen (secondary N) is 1. The van der Waals surface area contributed by atoms with Gasteiger partial charge in [0.05, 0.1) is 10.9 Å². The summed E-state index contributed by atoms with van der Waals surface area (Å²) >= 11 is 3.03. The number of hydrogen-bond donors (Lipinski definition) is 2. The van der Waals surface area contributed by atoms with E-state index in [-0.39, 0.29) is 18.0 Å². The summed E-state index contributed by atoms with van der Waals surface area (Å²) in [7, 11) is 0. The van der Waals surface area contributed by atoms with Crippen LogP contribution in [0.25, 0.3) is 10.2 Å². The molecule has 3 heterocycles. The summed E-state index contributed by atoms with van der Waals surface area (Å²) in [4.78, 5) is 46.2. The fourth-order valence-electron chi connectivity index (χ4n) is 4.94. The first-order valence-corrected chi connectivity index (χ1v) is 12.7. The maximum atomic E-state index is 13.4. The SMILES string of the molecule is Cc1nc2sc3c(c2c(=O)n1CC(=O)Nc1sc2c(c1C(N)=O)CCCC2)CCC(C)C3. The van der Waals surface area contributed by atoms with E-state index in [0.717, 1.165) is 65.8 Å². The summed E-state index contributed by atoms with van der Waals surface area (Å²) in [5.41, 5.74) is 7.99. The van der Waals surface area contributed by atoms with Crippen LogP contribution in [0.4, 0.5) is 5.00 Å². The Bertz CT molecular complexity index is 1320. The fraction of sp³-hybridized carbons (Fsp3) is 0.478. The van der Waals surface area contributed by atoms with Crippen molar-refractivity contribution in [2.75, 3.05) is 5.32 Å². The molecule has 3 N–H and O–H groups in total. The molecular formula is C23H26N4O3S2. The summed E-state index contributed by atoms with van der Waals surface area (Å²) < 4.78 is 1.44. The number of primary amides is 1. The summed E-state index contributed by atoms with van der Waals surface area (Å²) in [5, 5.41) is 4.02. The number of nitrogens with zero attached hydrogens (tertiary/aromatic N) is 2. The number of thiophene rings is 2. The highest BCUT2D eigenvalue weighted by Gasteiger charge is 2.27. The van der Waals surface area contributed by atoms with Crippen molar-refractivity contribution < 1.29 is 9.59 Å². The zero-order chi connectivity index (χ0) is 22.6. The molecule has 5 rings (SSSR count). The van der Waals surface area contributed by atoms with Crippen molar-refractivity contribution >= 4 is 49.7 Å². The molecule has 2 aliphatic carbocycles. The lowest BCUT2D eigenvalue weighted by Crippen LogP contribution is -2.30. The fourth-order valence-corrected chi connectivity index (χ4v) is 7.67. The quantitative estimate of drug-likeness (QED) is 0.608. The Morgan fingerprint density at radius 3 is 2.72 bits per heavy atom. The number of fused-ring (bicyclic) bond motifs is 4. The van der Waals surface area contributed by atoms with Crippen molar-refractivity contribution in [3.05, 3.63) is 42.6 Å². The Morgan fingerprint density at radius 1 is 1.16 bits per heavy atom. The van der Waals surface area contributed by atoms with Crippen LogP contribution in [-0.2, 0) is 37.0 Å². The zero-order valence-electron chi connectivity index (χ0n) is 18.2. The second-order valence-electron chi connectivity index (χ2n) is 8.91. The van der Waals surface area contributed by atoms with Gasteiger partial charge >= 0.3 is 0 Å². The molecule has 32 heavy (non-hydrogen) atoms. The van der Waals surface area contributed by atoms with Gasteiger partial charge in [0.2, 0.25) is 5.91 Å². The van der Waals surface area contributed by atoms with E-state index in [0.29, 0.717) is 27.7 Å². The first-order chi connectivity index (χ1) is 15.3. The van der Waals surface area contributed by atoms with Gasteiger partial charge in [-0.25, -0.2) is 4.98 Å². The van der Waals surface area contributed by atoms with Crippen molar-refractivity contribution in [2.24, 2.45) is 11.7 Å². The molecular weight excluding hydrogens is 444 g/mol. The third-order valence-electron chi connectivity index (χ3n) is 6.58. The summed E-state index contributed by atoms with van der Waals surface area (Å²) in [6.45, 7) is 3.85. The van der Waals surface area contributed by atoms with Gasteiger partial charge in [0.25, 0.3) is 11.5 Å². The van der Waals surface area contributed by atoms with Gasteiger partial charge < -0.3 is 11.1 Å². The minimum Gasteiger partial charge on any atom is -0.365 e. The van der Waals surface area contributed by atoms with Gasteiger partial charge in [0.1, 0.15) is 22.2 Å². The normalized spacial score (nSPS) is 17.8. The first-order valence-electron chi connectivity index (χ1n) is 11.1. The van der Waals surface area contributed by atoms with Crippen LogP contribution in [-0.4, -0.2) is 21.4 Å². The Balaban J connectivity index is 1.47. The maximum Gasteiger partial charge on any atom is 0.263 e. The van der Waals surface area contributed by atoms with Crippen LogP contribution in [0.15, 0.2) is 4.79 Å². The van der Waals surface area contributed by atoms with Gasteiger partial charge in [-0.1, -0.05) is 6.92 Å². The molecule has 2 aliphatic rings. The minimum absolute atomic E-state index is 0.143. The van der Waals surface area contributed by atoms with Gasteiger partial charge in [-0.3, -0.25) is 19.0 Å². The van der Waals surface area contributed by atoms with Crippen molar-refractivity contribution in [1.29, 1.82) is 0 Å². The lowest BCUT2D eigenvalue weighted by molar-refractivity contribution is -0.116. The predicted octanol–water partition coefficient (Wildman–Crippen LogP) is 3.57. The first kappa shape index (κ1) is 21.3. The molecule has 0 radical (unpaired) electrons. The van der Waals surface area contributed by atoms with Crippen molar-refractivity contribution in [2.45, 2.75) is 65.3 Å². The van der Waals surface area contributed by atoms with Crippen LogP contribution >= 0.6 is 22.7 Å². The molecule has 1 atom stereocenters. The summed E-state index contributed by atoms with van der Waals surface area (Å²) in [5.74, 6) is 0.260. The highest BCUT2D eigenvalue weighted by atomic mass is 32.1. The highest BCUT2D eigenvalue weighted by Crippen LogP contribution is 2.38. The van der Waals surface area contributed by atoms with E-state index in [4.69, 9.17) is 5.73 Å². The van der Waals surface area contributed by atoms with E-state index in [1.54, 1.807) is 18.3 Å². The number of aryl methyl sites for hydroxylation is 3. The minimum atomic E-state index is -0.518. The average Bonchev–Trinajstić information content (AvgIpc) is 3.27. The standard InChI is InChI=1S/C23H26N4O3S2/c1-11-7-8-14-16(9-11)32-22-19(14)23(30)27(12(2)25-22)10-17(28)26-21-18(20(24)29)13-5-3-4-6-15(13)31-21/h11H,3-10H2,1-2H3,(H2,24,29)(H,26,28). The van der Waals surface area contributed by atoms with E-state index in [2.05, 4.69) is 17.2 Å². The Labute approximate surface area is 193 Å². The molecule has 2 amide bonds. The van der Waals surface area contributed by atoms with Crippen LogP contribution in [0.1, 0.15) is 63.2 Å². The molecule has 3 aromatic heterocycles. The number of amides is 2. The Kier molecular flexibility index (Phi) is 5.41. The largest absolute Gasteiger partial charge is 0.365 e. The van der Waals surface area contributed by atoms with Crippen LogP contribution in [0.2, 0.25) is 0 Å². The van der Waals surface area contributed by atoms with E-state index >= 15 is 0 Å². The molecule has 3 aromatic rings. The van der Waals surface area contributed by atoms with Gasteiger partial charge in [-0.2, -0.15) is 0 Å². The van der Waals surface area contributed by atoms with Crippen molar-refractivity contribution in [3.63, 3.8) is 0 Å². The molecule has 7 nitrogen and oxygen atoms in total. The number of nitrogens with two attached hydrogens (primary N) is 1. The smallest absolute Gasteiger partial charge is 0.263 e. The average molecular weight is 471 g/mol. The molecule has 0 fully saturated rings. The number of carbonyl (C=O) groups excluding carboxylic acids is 2. The predicted molar refractivity (Wildman–Crippen MR) is 128 cm³/mol. The second kappa shape index (κ2) is 8.12. The number of hydrogen-bond acceptors (Lipinski definition) is 6. The number of aromatic nitrogens is 2. The van der Waals surface area contributed by atoms with E-state index in [1.807, 2.05) is 0 Å². The molecule has 0 saturated carbocycles. The van der Waals surface area contributed by atoms with Crippen molar-refractivity contribution in [1.82, 2.24) is 9.55 Å². The molecule has 0 spiro atoms. The summed E-state index contributed by atoms with van der Waals surface area (Å²) in [6, 6.07) is 0. The molecule has 0 aromatic carbocycles. The number of anilines is 1. The second-order valence-corrected chi connectivity index (χ2v) is 11.1. The van der Waals surface area contributed by atoms with Gasteiger partial charge in [-0.05, 0) is 68.9 Å². The topological polar surface area (TPSA) is 107 Å². The van der Waals surface area contributed by atoms with E-state index in [9.17, 15) is 14.4 Å². The van der Waals surface area contributed by atoms with E-state index < -0.39 is 5.91 Å². The lowest BCUT2D eigenvalue weighted by Gasteiger charge is -2.17. The van der Waals surface area contributed by atoms with Gasteiger partial charge in [0.15, 0.2) is 0 Å². The summed E-state index contributed by atoms with van der Waals surface area (Å²) in [6.07, 6.45) is 6.72. The molecule has 0 bridgehead atoms. The van der Waals surface area contributed by atoms with Gasteiger partial charge in [0, 0.05) is 9.75 Å². The molecule has 0 aliphatic heterocycles. The molecule has 9 heteroatoms. The number of rotatable bonds is 4. The monoisotopic (exact) mass is 470 g/mol. The van der Waals surface area contributed by atoms with Gasteiger partial charge in [-0.15, -0.1) is 22.7 Å². The van der Waals surface area contributed by atoms with Crippen LogP contribution in [0.3, 0.4) is 0 Å². The highest BCUT2D eigenvalue weighted by molar-refractivity contribution is 7.18. The maximum absolute atomic E-state index is 13.4. The third-order valence-corrected chi connectivity index (χ3v) is 8.93. The van der Waals surface area contributed by atoms with E-state index in [1.165, 1.54) is 20.8 Å². The molecule has 0 saturated heterocycles. The molecule has 1 unspecified atom stereocenters.